The lowest BCUT2D eigenvalue weighted by atomic mass is 10.1. The van der Waals surface area contributed by atoms with Crippen molar-refractivity contribution >= 4 is 30.1 Å². The van der Waals surface area contributed by atoms with Gasteiger partial charge in [0.25, 0.3) is 0 Å². The molecule has 3 N–H and O–H groups in total. The van der Waals surface area contributed by atoms with E-state index in [2.05, 4.69) is 5.32 Å². The number of carbonyl (C=O) groups excluding carboxylic acids is 3. The smallest absolute Gasteiger partial charge is 0.237 e. The Balaban J connectivity index is 0.00000338. The first-order valence-electron chi connectivity index (χ1n) is 8.58. The number of hydrogen-bond acceptors (Lipinski definition) is 4. The number of rotatable bonds is 6. The Labute approximate surface area is 160 Å². The highest BCUT2D eigenvalue weighted by molar-refractivity contribution is 5.85. The van der Waals surface area contributed by atoms with Gasteiger partial charge in [-0.1, -0.05) is 30.3 Å². The van der Waals surface area contributed by atoms with Crippen LogP contribution in [0.25, 0.3) is 0 Å². The summed E-state index contributed by atoms with van der Waals surface area (Å²) < 4.78 is 0. The monoisotopic (exact) mass is 382 g/mol. The highest BCUT2D eigenvalue weighted by Crippen LogP contribution is 2.04. The van der Waals surface area contributed by atoms with Crippen molar-refractivity contribution in [3.8, 4) is 0 Å². The van der Waals surface area contributed by atoms with E-state index in [1.54, 1.807) is 9.80 Å². The van der Waals surface area contributed by atoms with Crippen molar-refractivity contribution in [2.45, 2.75) is 25.8 Å². The summed E-state index contributed by atoms with van der Waals surface area (Å²) in [6, 6.07) is 8.96. The van der Waals surface area contributed by atoms with Gasteiger partial charge in [-0.05, 0) is 12.0 Å². The zero-order valence-electron chi connectivity index (χ0n) is 15.0. The van der Waals surface area contributed by atoms with Crippen LogP contribution in [0.15, 0.2) is 30.3 Å². The SMILES string of the molecule is CC(=O)N1CCN(C(=O)CCNC(=O)[C@@H](N)Cc2ccccc2)CC1.Cl. The minimum Gasteiger partial charge on any atom is -0.354 e. The Morgan fingerprint density at radius 1 is 1.08 bits per heavy atom. The number of amides is 3. The van der Waals surface area contributed by atoms with Gasteiger partial charge in [-0.25, -0.2) is 0 Å². The van der Waals surface area contributed by atoms with Gasteiger partial charge in [0.1, 0.15) is 0 Å². The lowest BCUT2D eigenvalue weighted by Gasteiger charge is -2.34. The number of piperazine rings is 1. The molecule has 0 spiro atoms. The zero-order chi connectivity index (χ0) is 18.2. The molecule has 0 unspecified atom stereocenters. The molecule has 1 fully saturated rings. The van der Waals surface area contributed by atoms with E-state index in [4.69, 9.17) is 5.73 Å². The Hall–Kier alpha value is -2.12. The average molecular weight is 383 g/mol. The first-order chi connectivity index (χ1) is 12.0. The van der Waals surface area contributed by atoms with E-state index in [0.29, 0.717) is 32.6 Å². The molecule has 1 aromatic carbocycles. The molecule has 3 amide bonds. The predicted octanol–water partition coefficient (Wildman–Crippen LogP) is 0.175. The second-order valence-corrected chi connectivity index (χ2v) is 6.22. The number of carbonyl (C=O) groups is 3. The van der Waals surface area contributed by atoms with Crippen molar-refractivity contribution in [1.82, 2.24) is 15.1 Å². The summed E-state index contributed by atoms with van der Waals surface area (Å²) >= 11 is 0. The van der Waals surface area contributed by atoms with E-state index >= 15 is 0 Å². The molecule has 0 radical (unpaired) electrons. The van der Waals surface area contributed by atoms with E-state index in [0.717, 1.165) is 5.56 Å². The van der Waals surface area contributed by atoms with Crippen molar-refractivity contribution in [1.29, 1.82) is 0 Å². The molecule has 8 heteroatoms. The van der Waals surface area contributed by atoms with E-state index < -0.39 is 6.04 Å². The van der Waals surface area contributed by atoms with Crippen molar-refractivity contribution in [2.75, 3.05) is 32.7 Å². The van der Waals surface area contributed by atoms with Crippen LogP contribution in [0.5, 0.6) is 0 Å². The van der Waals surface area contributed by atoms with Crippen LogP contribution >= 0.6 is 12.4 Å². The molecular weight excluding hydrogens is 356 g/mol. The van der Waals surface area contributed by atoms with Gasteiger partial charge in [-0.3, -0.25) is 14.4 Å². The van der Waals surface area contributed by atoms with Crippen molar-refractivity contribution in [3.63, 3.8) is 0 Å². The number of nitrogens with one attached hydrogen (secondary N) is 1. The quantitative estimate of drug-likeness (QED) is 0.733. The highest BCUT2D eigenvalue weighted by atomic mass is 35.5. The largest absolute Gasteiger partial charge is 0.354 e. The fourth-order valence-electron chi connectivity index (χ4n) is 2.81. The van der Waals surface area contributed by atoms with Gasteiger partial charge in [-0.15, -0.1) is 12.4 Å². The third-order valence-electron chi connectivity index (χ3n) is 4.35. The summed E-state index contributed by atoms with van der Waals surface area (Å²) in [5.74, 6) is -0.232. The Morgan fingerprint density at radius 3 is 2.23 bits per heavy atom. The van der Waals surface area contributed by atoms with Crippen molar-refractivity contribution in [3.05, 3.63) is 35.9 Å². The molecule has 1 heterocycles. The second kappa shape index (κ2) is 10.8. The lowest BCUT2D eigenvalue weighted by molar-refractivity contribution is -0.138. The molecule has 26 heavy (non-hydrogen) atoms. The molecule has 1 aliphatic rings. The van der Waals surface area contributed by atoms with Crippen LogP contribution < -0.4 is 11.1 Å². The van der Waals surface area contributed by atoms with Crippen LogP contribution in [0.2, 0.25) is 0 Å². The number of nitrogens with zero attached hydrogens (tertiary/aromatic N) is 2. The molecule has 0 aliphatic carbocycles. The zero-order valence-corrected chi connectivity index (χ0v) is 15.8. The van der Waals surface area contributed by atoms with Crippen LogP contribution in [0, 0.1) is 0 Å². The first-order valence-corrected chi connectivity index (χ1v) is 8.58. The molecule has 0 saturated carbocycles. The second-order valence-electron chi connectivity index (χ2n) is 6.22. The molecule has 0 bridgehead atoms. The van der Waals surface area contributed by atoms with Gasteiger partial charge in [-0.2, -0.15) is 0 Å². The molecule has 144 valence electrons. The Morgan fingerprint density at radius 2 is 1.65 bits per heavy atom. The number of nitrogens with two attached hydrogens (primary N) is 1. The number of hydrogen-bond donors (Lipinski definition) is 2. The molecule has 2 rings (SSSR count). The molecule has 1 saturated heterocycles. The summed E-state index contributed by atoms with van der Waals surface area (Å²) in [6.45, 7) is 4.02. The normalized spacial score (nSPS) is 15.0. The summed E-state index contributed by atoms with van der Waals surface area (Å²) in [4.78, 5) is 38.9. The van der Waals surface area contributed by atoms with E-state index in [9.17, 15) is 14.4 Å². The van der Waals surface area contributed by atoms with Crippen LogP contribution in [-0.2, 0) is 20.8 Å². The van der Waals surface area contributed by atoms with Gasteiger partial charge in [0.2, 0.25) is 17.7 Å². The van der Waals surface area contributed by atoms with Gasteiger partial charge in [0.05, 0.1) is 6.04 Å². The molecule has 1 atom stereocenters. The predicted molar refractivity (Wildman–Crippen MR) is 102 cm³/mol. The first kappa shape index (κ1) is 21.9. The maximum Gasteiger partial charge on any atom is 0.237 e. The maximum atomic E-state index is 12.2. The van der Waals surface area contributed by atoms with Crippen LogP contribution in [0.4, 0.5) is 0 Å². The van der Waals surface area contributed by atoms with E-state index in [1.807, 2.05) is 30.3 Å². The summed E-state index contributed by atoms with van der Waals surface area (Å²) in [5.41, 5.74) is 6.91. The fourth-order valence-corrected chi connectivity index (χ4v) is 2.81. The number of benzene rings is 1. The van der Waals surface area contributed by atoms with E-state index in [-0.39, 0.29) is 43.1 Å². The lowest BCUT2D eigenvalue weighted by Crippen LogP contribution is -2.50. The van der Waals surface area contributed by atoms with Crippen molar-refractivity contribution in [2.24, 2.45) is 5.73 Å². The Bertz CT molecular complexity index is 604. The molecule has 0 aromatic heterocycles. The van der Waals surface area contributed by atoms with E-state index in [1.165, 1.54) is 6.92 Å². The summed E-state index contributed by atoms with van der Waals surface area (Å²) in [6.07, 6.45) is 0.706. The molecule has 1 aromatic rings. The van der Waals surface area contributed by atoms with Gasteiger partial charge < -0.3 is 20.9 Å². The molecule has 1 aliphatic heterocycles. The molecule has 7 nitrogen and oxygen atoms in total. The summed E-state index contributed by atoms with van der Waals surface area (Å²) in [7, 11) is 0. The third kappa shape index (κ3) is 6.65. The van der Waals surface area contributed by atoms with Gasteiger partial charge in [0, 0.05) is 46.1 Å². The third-order valence-corrected chi connectivity index (χ3v) is 4.35. The topological polar surface area (TPSA) is 95.7 Å². The maximum absolute atomic E-state index is 12.2. The van der Waals surface area contributed by atoms with Gasteiger partial charge in [0.15, 0.2) is 0 Å². The number of halogens is 1. The average Bonchev–Trinajstić information content (AvgIpc) is 2.62. The minimum atomic E-state index is -0.628. The summed E-state index contributed by atoms with van der Waals surface area (Å²) in [5, 5.41) is 2.72. The van der Waals surface area contributed by atoms with Crippen LogP contribution in [0.3, 0.4) is 0 Å². The van der Waals surface area contributed by atoms with Gasteiger partial charge >= 0.3 is 0 Å². The van der Waals surface area contributed by atoms with Crippen LogP contribution in [-0.4, -0.2) is 66.3 Å². The Kier molecular flexibility index (Phi) is 9.09. The van der Waals surface area contributed by atoms with Crippen molar-refractivity contribution < 1.29 is 14.4 Å². The fraction of sp³-hybridized carbons (Fsp3) is 0.500. The minimum absolute atomic E-state index is 0. The van der Waals surface area contributed by atoms with Crippen LogP contribution in [0.1, 0.15) is 18.9 Å². The molecular formula is C18H27ClN4O3. The standard InChI is InChI=1S/C18H26N4O3.ClH/c1-14(23)21-9-11-22(12-10-21)17(24)7-8-20-18(25)16(19)13-15-5-3-2-4-6-15;/h2-6,16H,7-13,19H2,1H3,(H,20,25);1H/t16-;/m0./s1. The highest BCUT2D eigenvalue weighted by Gasteiger charge is 2.22.